The monoisotopic (exact) mass is 265 g/mol. The van der Waals surface area contributed by atoms with Crippen molar-refractivity contribution in [1.82, 2.24) is 15.5 Å². The molecule has 19 heavy (non-hydrogen) atoms. The summed E-state index contributed by atoms with van der Waals surface area (Å²) in [7, 11) is 0. The van der Waals surface area contributed by atoms with Crippen LogP contribution in [0.25, 0.3) is 0 Å². The van der Waals surface area contributed by atoms with E-state index in [0.717, 1.165) is 39.0 Å². The number of piperidine rings is 2. The number of hydrogen-bond acceptors (Lipinski definition) is 3. The lowest BCUT2D eigenvalue weighted by Crippen LogP contribution is -2.51. The fourth-order valence-corrected chi connectivity index (χ4v) is 3.68. The van der Waals surface area contributed by atoms with Crippen LogP contribution in [0.5, 0.6) is 0 Å². The highest BCUT2D eigenvalue weighted by Crippen LogP contribution is 2.39. The molecule has 5 heteroatoms. The second kappa shape index (κ2) is 5.12. The predicted molar refractivity (Wildman–Crippen MR) is 71.5 cm³/mol. The van der Waals surface area contributed by atoms with Crippen molar-refractivity contribution in [2.24, 2.45) is 5.41 Å². The Bertz CT molecular complexity index is 367. The van der Waals surface area contributed by atoms with Crippen molar-refractivity contribution in [3.05, 3.63) is 0 Å². The van der Waals surface area contributed by atoms with Gasteiger partial charge in [-0.2, -0.15) is 0 Å². The van der Waals surface area contributed by atoms with E-state index in [-0.39, 0.29) is 17.9 Å². The van der Waals surface area contributed by atoms with Crippen LogP contribution in [0.15, 0.2) is 0 Å². The number of nitrogens with one attached hydrogen (secondary N) is 2. The van der Waals surface area contributed by atoms with Crippen molar-refractivity contribution in [1.29, 1.82) is 0 Å². The Morgan fingerprint density at radius 2 is 1.84 bits per heavy atom. The van der Waals surface area contributed by atoms with Gasteiger partial charge in [-0.15, -0.1) is 0 Å². The molecule has 3 saturated heterocycles. The van der Waals surface area contributed by atoms with E-state index in [1.165, 1.54) is 12.8 Å². The number of likely N-dealkylation sites (tertiary alicyclic amines) is 1. The van der Waals surface area contributed by atoms with Gasteiger partial charge in [-0.1, -0.05) is 0 Å². The minimum Gasteiger partial charge on any atom is -0.344 e. The summed E-state index contributed by atoms with van der Waals surface area (Å²) in [6.07, 6.45) is 5.91. The molecule has 0 radical (unpaired) electrons. The molecule has 0 aromatic carbocycles. The normalized spacial score (nSPS) is 30.4. The average Bonchev–Trinajstić information content (AvgIpc) is 2.87. The zero-order valence-corrected chi connectivity index (χ0v) is 11.4. The quantitative estimate of drug-likeness (QED) is 0.715. The van der Waals surface area contributed by atoms with E-state index in [2.05, 4.69) is 10.6 Å². The molecule has 2 N–H and O–H groups in total. The maximum absolute atomic E-state index is 12.3. The SMILES string of the molecule is O=C1CC[C@@H](C(=O)N2CCC3(CCNCC3)CC2)N1. The van der Waals surface area contributed by atoms with Gasteiger partial charge in [-0.3, -0.25) is 9.59 Å². The van der Waals surface area contributed by atoms with Gasteiger partial charge in [0.1, 0.15) is 6.04 Å². The Hall–Kier alpha value is -1.10. The first-order valence-corrected chi connectivity index (χ1v) is 7.47. The van der Waals surface area contributed by atoms with Crippen LogP contribution in [0.3, 0.4) is 0 Å². The van der Waals surface area contributed by atoms with Gasteiger partial charge in [0.15, 0.2) is 0 Å². The second-order valence-electron chi connectivity index (χ2n) is 6.23. The number of hydrogen-bond donors (Lipinski definition) is 2. The average molecular weight is 265 g/mol. The van der Waals surface area contributed by atoms with E-state index in [9.17, 15) is 9.59 Å². The highest BCUT2D eigenvalue weighted by atomic mass is 16.2. The van der Waals surface area contributed by atoms with Crippen molar-refractivity contribution in [3.63, 3.8) is 0 Å². The maximum Gasteiger partial charge on any atom is 0.245 e. The molecule has 1 atom stereocenters. The summed E-state index contributed by atoms with van der Waals surface area (Å²) in [5.41, 5.74) is 0.473. The van der Waals surface area contributed by atoms with Gasteiger partial charge < -0.3 is 15.5 Å². The molecule has 3 rings (SSSR count). The summed E-state index contributed by atoms with van der Waals surface area (Å²) >= 11 is 0. The third kappa shape index (κ3) is 2.61. The minimum atomic E-state index is -0.255. The molecule has 3 aliphatic heterocycles. The van der Waals surface area contributed by atoms with Crippen molar-refractivity contribution in [2.75, 3.05) is 26.2 Å². The lowest BCUT2D eigenvalue weighted by Gasteiger charge is -2.44. The minimum absolute atomic E-state index is 0.0187. The van der Waals surface area contributed by atoms with Crippen LogP contribution < -0.4 is 10.6 Å². The van der Waals surface area contributed by atoms with Gasteiger partial charge in [0.25, 0.3) is 0 Å². The number of carbonyl (C=O) groups is 2. The first-order valence-electron chi connectivity index (χ1n) is 7.47. The van der Waals surface area contributed by atoms with Gasteiger partial charge in [0.05, 0.1) is 0 Å². The fraction of sp³-hybridized carbons (Fsp3) is 0.857. The molecule has 1 spiro atoms. The summed E-state index contributed by atoms with van der Waals surface area (Å²) < 4.78 is 0. The van der Waals surface area contributed by atoms with E-state index in [1.54, 1.807) is 0 Å². The van der Waals surface area contributed by atoms with E-state index < -0.39 is 0 Å². The van der Waals surface area contributed by atoms with Crippen molar-refractivity contribution < 1.29 is 9.59 Å². The van der Waals surface area contributed by atoms with Gasteiger partial charge in [-0.05, 0) is 50.6 Å². The molecule has 2 amide bonds. The molecule has 106 valence electrons. The Morgan fingerprint density at radius 1 is 1.16 bits per heavy atom. The first-order chi connectivity index (χ1) is 9.19. The summed E-state index contributed by atoms with van der Waals surface area (Å²) in [6.45, 7) is 3.97. The number of rotatable bonds is 1. The molecule has 0 unspecified atom stereocenters. The van der Waals surface area contributed by atoms with Gasteiger partial charge >= 0.3 is 0 Å². The van der Waals surface area contributed by atoms with Gasteiger partial charge in [-0.25, -0.2) is 0 Å². The predicted octanol–water partition coefficient (Wildman–Crippen LogP) is 0.257. The van der Waals surface area contributed by atoms with E-state index >= 15 is 0 Å². The van der Waals surface area contributed by atoms with Crippen molar-refractivity contribution in [2.45, 2.75) is 44.6 Å². The first kappa shape index (κ1) is 12.9. The lowest BCUT2D eigenvalue weighted by atomic mass is 9.71. The Kier molecular flexibility index (Phi) is 3.48. The van der Waals surface area contributed by atoms with Crippen LogP contribution >= 0.6 is 0 Å². The van der Waals surface area contributed by atoms with Gasteiger partial charge in [0, 0.05) is 19.5 Å². The number of amides is 2. The van der Waals surface area contributed by atoms with Crippen molar-refractivity contribution >= 4 is 11.8 Å². The van der Waals surface area contributed by atoms with Crippen LogP contribution in [0.4, 0.5) is 0 Å². The smallest absolute Gasteiger partial charge is 0.245 e. The zero-order valence-electron chi connectivity index (χ0n) is 11.4. The van der Waals surface area contributed by atoms with Crippen LogP contribution in [-0.4, -0.2) is 48.9 Å². The lowest BCUT2D eigenvalue weighted by molar-refractivity contribution is -0.136. The summed E-state index contributed by atoms with van der Waals surface area (Å²) in [6, 6.07) is -0.255. The molecule has 3 fully saturated rings. The van der Waals surface area contributed by atoms with E-state index in [4.69, 9.17) is 0 Å². The molecule has 0 aromatic heterocycles. The number of nitrogens with zero attached hydrogens (tertiary/aromatic N) is 1. The van der Waals surface area contributed by atoms with Crippen LogP contribution in [-0.2, 0) is 9.59 Å². The van der Waals surface area contributed by atoms with Crippen LogP contribution in [0, 0.1) is 5.41 Å². The molecule has 0 bridgehead atoms. The Labute approximate surface area is 114 Å². The molecule has 5 nitrogen and oxygen atoms in total. The molecule has 0 saturated carbocycles. The van der Waals surface area contributed by atoms with Gasteiger partial charge in [0.2, 0.25) is 11.8 Å². The maximum atomic E-state index is 12.3. The van der Waals surface area contributed by atoms with Crippen molar-refractivity contribution in [3.8, 4) is 0 Å². The second-order valence-corrected chi connectivity index (χ2v) is 6.23. The largest absolute Gasteiger partial charge is 0.344 e. The third-order valence-corrected chi connectivity index (χ3v) is 5.09. The molecular formula is C14H23N3O2. The molecule has 0 aliphatic carbocycles. The van der Waals surface area contributed by atoms with E-state index in [0.29, 0.717) is 18.3 Å². The summed E-state index contributed by atoms with van der Waals surface area (Å²) in [4.78, 5) is 25.5. The fourth-order valence-electron chi connectivity index (χ4n) is 3.68. The molecule has 0 aromatic rings. The summed E-state index contributed by atoms with van der Waals surface area (Å²) in [5.74, 6) is 0.153. The highest BCUT2D eigenvalue weighted by Gasteiger charge is 2.39. The Morgan fingerprint density at radius 3 is 2.42 bits per heavy atom. The topological polar surface area (TPSA) is 61.4 Å². The molecular weight excluding hydrogens is 242 g/mol. The number of carbonyl (C=O) groups excluding carboxylic acids is 2. The standard InChI is InChI=1S/C14H23N3O2/c18-12-2-1-11(16-12)13(19)17-9-5-14(6-10-17)3-7-15-8-4-14/h11,15H,1-10H2,(H,16,18)/t11-/m0/s1. The van der Waals surface area contributed by atoms with E-state index in [1.807, 2.05) is 4.90 Å². The zero-order chi connectivity index (χ0) is 13.3. The molecule has 3 heterocycles. The Balaban J connectivity index is 1.54. The molecule has 3 aliphatic rings. The highest BCUT2D eigenvalue weighted by molar-refractivity contribution is 5.90. The van der Waals surface area contributed by atoms with Crippen LogP contribution in [0.2, 0.25) is 0 Å². The summed E-state index contributed by atoms with van der Waals surface area (Å²) in [5, 5.41) is 6.19. The third-order valence-electron chi connectivity index (χ3n) is 5.09. The van der Waals surface area contributed by atoms with Crippen LogP contribution in [0.1, 0.15) is 38.5 Å².